The van der Waals surface area contributed by atoms with Crippen LogP contribution in [0.25, 0.3) is 0 Å². The number of nitrogens with two attached hydrogens (primary N) is 1. The number of hydrogen-bond acceptors (Lipinski definition) is 5. The first-order valence-corrected chi connectivity index (χ1v) is 5.64. The third kappa shape index (κ3) is 2.51. The van der Waals surface area contributed by atoms with E-state index in [2.05, 4.69) is 9.88 Å². The number of hydrogen-bond donors (Lipinski definition) is 1. The summed E-state index contributed by atoms with van der Waals surface area (Å²) in [6.07, 6.45) is 1.88. The zero-order valence-corrected chi connectivity index (χ0v) is 8.92. The fraction of sp³-hybridized carbons (Fsp3) is 0.667. The molecule has 1 aliphatic heterocycles. The van der Waals surface area contributed by atoms with E-state index in [1.54, 1.807) is 11.3 Å². The van der Waals surface area contributed by atoms with Gasteiger partial charge in [-0.3, -0.25) is 4.90 Å². The van der Waals surface area contributed by atoms with Gasteiger partial charge in [-0.1, -0.05) is 0 Å². The standard InChI is InChI=1S/C9H15N3OS/c10-5-8-6-11-9(14-8)7-12-1-3-13-4-2-12/h6H,1-5,7,10H2. The molecule has 1 fully saturated rings. The number of aromatic nitrogens is 1. The first-order valence-electron chi connectivity index (χ1n) is 4.82. The molecule has 1 aliphatic rings. The highest BCUT2D eigenvalue weighted by Gasteiger charge is 2.12. The van der Waals surface area contributed by atoms with Crippen LogP contribution in [0.15, 0.2) is 6.20 Å². The minimum absolute atomic E-state index is 0.598. The summed E-state index contributed by atoms with van der Waals surface area (Å²) in [5.41, 5.74) is 5.53. The Labute approximate surface area is 87.7 Å². The van der Waals surface area contributed by atoms with Crippen molar-refractivity contribution in [3.63, 3.8) is 0 Å². The van der Waals surface area contributed by atoms with Crippen LogP contribution >= 0.6 is 11.3 Å². The van der Waals surface area contributed by atoms with Gasteiger partial charge in [0.15, 0.2) is 0 Å². The Morgan fingerprint density at radius 1 is 1.50 bits per heavy atom. The van der Waals surface area contributed by atoms with E-state index in [1.807, 2.05) is 6.20 Å². The average Bonchev–Trinajstić information content (AvgIpc) is 2.67. The van der Waals surface area contributed by atoms with Crippen molar-refractivity contribution in [3.05, 3.63) is 16.1 Å². The smallest absolute Gasteiger partial charge is 0.107 e. The molecule has 4 nitrogen and oxygen atoms in total. The van der Waals surface area contributed by atoms with E-state index in [-0.39, 0.29) is 0 Å². The number of ether oxygens (including phenoxy) is 1. The Balaban J connectivity index is 1.89. The lowest BCUT2D eigenvalue weighted by atomic mass is 10.4. The highest BCUT2D eigenvalue weighted by atomic mass is 32.1. The molecule has 0 unspecified atom stereocenters. The first kappa shape index (κ1) is 10.0. The van der Waals surface area contributed by atoms with Gasteiger partial charge >= 0.3 is 0 Å². The molecule has 2 rings (SSSR count). The molecule has 78 valence electrons. The van der Waals surface area contributed by atoms with Gasteiger partial charge in [0.1, 0.15) is 5.01 Å². The molecule has 0 atom stereocenters. The maximum absolute atomic E-state index is 5.53. The van der Waals surface area contributed by atoms with E-state index in [0.29, 0.717) is 6.54 Å². The normalized spacial score (nSPS) is 18.6. The lowest BCUT2D eigenvalue weighted by molar-refractivity contribution is 0.0341. The Morgan fingerprint density at radius 2 is 2.29 bits per heavy atom. The zero-order chi connectivity index (χ0) is 9.80. The molecule has 0 amide bonds. The predicted octanol–water partition coefficient (Wildman–Crippen LogP) is 0.434. The Kier molecular flexibility index (Phi) is 3.47. The van der Waals surface area contributed by atoms with Crippen molar-refractivity contribution in [1.29, 1.82) is 0 Å². The van der Waals surface area contributed by atoms with E-state index in [9.17, 15) is 0 Å². The third-order valence-electron chi connectivity index (χ3n) is 2.27. The van der Waals surface area contributed by atoms with Crippen LogP contribution in [0.2, 0.25) is 0 Å². The molecule has 14 heavy (non-hydrogen) atoms. The highest BCUT2D eigenvalue weighted by Crippen LogP contribution is 2.14. The highest BCUT2D eigenvalue weighted by molar-refractivity contribution is 7.11. The van der Waals surface area contributed by atoms with Crippen LogP contribution in [-0.4, -0.2) is 36.2 Å². The largest absolute Gasteiger partial charge is 0.379 e. The summed E-state index contributed by atoms with van der Waals surface area (Å²) in [5, 5.41) is 1.16. The van der Waals surface area contributed by atoms with E-state index in [0.717, 1.165) is 42.7 Å². The molecule has 0 radical (unpaired) electrons. The summed E-state index contributed by atoms with van der Waals surface area (Å²) in [6.45, 7) is 5.24. The van der Waals surface area contributed by atoms with Gasteiger partial charge in [-0.25, -0.2) is 4.98 Å². The van der Waals surface area contributed by atoms with Gasteiger partial charge in [-0.2, -0.15) is 0 Å². The fourth-order valence-corrected chi connectivity index (χ4v) is 2.31. The van der Waals surface area contributed by atoms with Crippen LogP contribution in [0.5, 0.6) is 0 Å². The predicted molar refractivity (Wildman–Crippen MR) is 56.1 cm³/mol. The van der Waals surface area contributed by atoms with Crippen LogP contribution in [0.3, 0.4) is 0 Å². The van der Waals surface area contributed by atoms with Crippen molar-refractivity contribution in [3.8, 4) is 0 Å². The topological polar surface area (TPSA) is 51.4 Å². The lowest BCUT2D eigenvalue weighted by Crippen LogP contribution is -2.35. The molecule has 1 aromatic heterocycles. The number of rotatable bonds is 3. The molecule has 1 aromatic rings. The van der Waals surface area contributed by atoms with Gasteiger partial charge in [0, 0.05) is 30.7 Å². The molecule has 0 bridgehead atoms. The average molecular weight is 213 g/mol. The Morgan fingerprint density at radius 3 is 2.93 bits per heavy atom. The minimum atomic E-state index is 0.598. The second-order valence-electron chi connectivity index (χ2n) is 3.31. The van der Waals surface area contributed by atoms with Crippen LogP contribution in [0.1, 0.15) is 9.88 Å². The molecule has 2 heterocycles. The van der Waals surface area contributed by atoms with Crippen molar-refractivity contribution in [2.75, 3.05) is 26.3 Å². The van der Waals surface area contributed by atoms with Gasteiger partial charge in [0.25, 0.3) is 0 Å². The van der Waals surface area contributed by atoms with Crippen molar-refractivity contribution >= 4 is 11.3 Å². The molecule has 0 spiro atoms. The number of morpholine rings is 1. The van der Waals surface area contributed by atoms with Crippen LogP contribution in [0.4, 0.5) is 0 Å². The first-order chi connectivity index (χ1) is 6.88. The molecule has 0 aromatic carbocycles. The van der Waals surface area contributed by atoms with Gasteiger partial charge < -0.3 is 10.5 Å². The maximum atomic E-state index is 5.53. The summed E-state index contributed by atoms with van der Waals surface area (Å²) in [5.74, 6) is 0. The Hall–Kier alpha value is -0.490. The lowest BCUT2D eigenvalue weighted by Gasteiger charge is -2.25. The van der Waals surface area contributed by atoms with Crippen molar-refractivity contribution in [2.45, 2.75) is 13.1 Å². The number of nitrogens with zero attached hydrogens (tertiary/aromatic N) is 2. The van der Waals surface area contributed by atoms with Crippen LogP contribution in [-0.2, 0) is 17.8 Å². The molecule has 5 heteroatoms. The van der Waals surface area contributed by atoms with E-state index >= 15 is 0 Å². The SMILES string of the molecule is NCc1cnc(CN2CCOCC2)s1. The fourth-order valence-electron chi connectivity index (χ4n) is 1.47. The summed E-state index contributed by atoms with van der Waals surface area (Å²) < 4.78 is 5.29. The minimum Gasteiger partial charge on any atom is -0.379 e. The molecular weight excluding hydrogens is 198 g/mol. The second kappa shape index (κ2) is 4.84. The Bertz CT molecular complexity index is 283. The quantitative estimate of drug-likeness (QED) is 0.791. The van der Waals surface area contributed by atoms with Crippen molar-refractivity contribution in [2.24, 2.45) is 5.73 Å². The second-order valence-corrected chi connectivity index (χ2v) is 4.51. The molecule has 2 N–H and O–H groups in total. The molecule has 0 saturated carbocycles. The van der Waals surface area contributed by atoms with E-state index < -0.39 is 0 Å². The summed E-state index contributed by atoms with van der Waals surface area (Å²) in [7, 11) is 0. The van der Waals surface area contributed by atoms with Crippen LogP contribution < -0.4 is 5.73 Å². The summed E-state index contributed by atoms with van der Waals surface area (Å²) in [4.78, 5) is 7.86. The third-order valence-corrected chi connectivity index (χ3v) is 3.27. The maximum Gasteiger partial charge on any atom is 0.107 e. The van der Waals surface area contributed by atoms with Crippen molar-refractivity contribution < 1.29 is 4.74 Å². The van der Waals surface area contributed by atoms with Gasteiger partial charge in [0.2, 0.25) is 0 Å². The molecule has 1 saturated heterocycles. The van der Waals surface area contributed by atoms with Gasteiger partial charge in [-0.05, 0) is 0 Å². The van der Waals surface area contributed by atoms with Crippen molar-refractivity contribution in [1.82, 2.24) is 9.88 Å². The summed E-state index contributed by atoms with van der Waals surface area (Å²) in [6, 6.07) is 0. The summed E-state index contributed by atoms with van der Waals surface area (Å²) >= 11 is 1.71. The van der Waals surface area contributed by atoms with E-state index in [4.69, 9.17) is 10.5 Å². The van der Waals surface area contributed by atoms with Gasteiger partial charge in [0.05, 0.1) is 19.8 Å². The van der Waals surface area contributed by atoms with E-state index in [1.165, 1.54) is 0 Å². The monoisotopic (exact) mass is 213 g/mol. The zero-order valence-electron chi connectivity index (χ0n) is 8.11. The van der Waals surface area contributed by atoms with Gasteiger partial charge in [-0.15, -0.1) is 11.3 Å². The number of thiazole rings is 1. The molecular formula is C9H15N3OS. The molecule has 0 aliphatic carbocycles. The van der Waals surface area contributed by atoms with Crippen LogP contribution in [0, 0.1) is 0 Å².